The van der Waals surface area contributed by atoms with Crippen LogP contribution in [0.25, 0.3) is 21.0 Å². The summed E-state index contributed by atoms with van der Waals surface area (Å²) in [5, 5.41) is 10.7. The quantitative estimate of drug-likeness (QED) is 0.145. The molecule has 8 nitrogen and oxygen atoms in total. The Bertz CT molecular complexity index is 1580. The number of carbonyl (C=O) groups excluding carboxylic acids is 1. The average molecular weight is 635 g/mol. The third-order valence-electron chi connectivity index (χ3n) is 6.02. The second-order valence-corrected chi connectivity index (χ2v) is 14.1. The van der Waals surface area contributed by atoms with Gasteiger partial charge in [0.05, 0.1) is 9.77 Å². The summed E-state index contributed by atoms with van der Waals surface area (Å²) in [4.78, 5) is 20.7. The van der Waals surface area contributed by atoms with E-state index in [9.17, 15) is 9.00 Å². The maximum atomic E-state index is 13.6. The minimum atomic E-state index is -1.54. The molecule has 0 aliphatic carbocycles. The summed E-state index contributed by atoms with van der Waals surface area (Å²) in [6.07, 6.45) is 1.80. The first-order chi connectivity index (χ1) is 20.4. The minimum absolute atomic E-state index is 0.247. The summed E-state index contributed by atoms with van der Waals surface area (Å²) in [5.74, 6) is 0. The molecule has 1 aromatic heterocycles. The zero-order valence-corrected chi connectivity index (χ0v) is 27.7. The van der Waals surface area contributed by atoms with Crippen molar-refractivity contribution in [2.24, 2.45) is 0 Å². The molecule has 0 fully saturated rings. The van der Waals surface area contributed by atoms with Crippen molar-refractivity contribution in [1.82, 2.24) is 19.9 Å². The summed E-state index contributed by atoms with van der Waals surface area (Å²) in [7, 11) is 0.202. The van der Waals surface area contributed by atoms with Gasteiger partial charge >= 0.3 is 6.03 Å². The predicted molar refractivity (Wildman–Crippen MR) is 184 cm³/mol. The molecule has 0 aliphatic heterocycles. The van der Waals surface area contributed by atoms with Crippen LogP contribution < -0.4 is 20.7 Å². The first-order valence-corrected chi connectivity index (χ1v) is 16.3. The number of carbonyl (C=O) groups is 1. The molecule has 0 aliphatic rings. The number of nitrogens with one attached hydrogen (secondary N) is 4. The molecule has 11 heteroatoms. The molecule has 43 heavy (non-hydrogen) atoms. The SMILES string of the molecule is CC(C)NC(=S)Nc1ccc(-c2ncc(-c3ccc(NC(=O)N(C)Cc4ccccc4)cc3S(=O)NC(C)(C)C)s2)cc1. The summed E-state index contributed by atoms with van der Waals surface area (Å²) < 4.78 is 16.7. The standard InChI is InChI=1S/C32H38N6O2S3/c1-21(2)34-30(41)35-24-14-12-23(13-15-24)29-33-19-27(42-29)26-17-16-25(18-28(26)43(40)37-32(3,4)5)36-31(39)38(6)20-22-10-8-7-9-11-22/h7-19,21,37H,20H2,1-6H3,(H,36,39)(H2,34,35,41). The van der Waals surface area contributed by atoms with Gasteiger partial charge in [0, 0.05) is 53.9 Å². The van der Waals surface area contributed by atoms with Crippen molar-refractivity contribution in [2.45, 2.75) is 57.6 Å². The highest BCUT2D eigenvalue weighted by molar-refractivity contribution is 7.83. The van der Waals surface area contributed by atoms with Gasteiger partial charge in [0.2, 0.25) is 0 Å². The molecular formula is C32H38N6O2S3. The van der Waals surface area contributed by atoms with E-state index in [1.54, 1.807) is 24.2 Å². The second-order valence-electron chi connectivity index (χ2n) is 11.5. The van der Waals surface area contributed by atoms with E-state index in [-0.39, 0.29) is 17.6 Å². The fraction of sp³-hybridized carbons (Fsp3) is 0.281. The van der Waals surface area contributed by atoms with E-state index in [4.69, 9.17) is 12.2 Å². The third kappa shape index (κ3) is 9.42. The number of urea groups is 1. The second kappa shape index (κ2) is 14.2. The fourth-order valence-corrected chi connectivity index (χ4v) is 6.75. The molecule has 4 rings (SSSR count). The maximum Gasteiger partial charge on any atom is 0.321 e. The van der Waals surface area contributed by atoms with E-state index in [0.29, 0.717) is 22.2 Å². The number of aromatic nitrogens is 1. The zero-order valence-electron chi connectivity index (χ0n) is 25.2. The molecule has 0 saturated heterocycles. The van der Waals surface area contributed by atoms with E-state index >= 15 is 0 Å². The van der Waals surface area contributed by atoms with Crippen LogP contribution in [0.3, 0.4) is 0 Å². The Hall–Kier alpha value is -3.64. The molecule has 1 heterocycles. The minimum Gasteiger partial charge on any atom is -0.360 e. The Kier molecular flexibility index (Phi) is 10.7. The summed E-state index contributed by atoms with van der Waals surface area (Å²) in [5.41, 5.74) is 3.84. The van der Waals surface area contributed by atoms with E-state index < -0.39 is 11.0 Å². The monoisotopic (exact) mass is 634 g/mol. The van der Waals surface area contributed by atoms with Crippen LogP contribution >= 0.6 is 23.6 Å². The Morgan fingerprint density at radius 2 is 1.67 bits per heavy atom. The van der Waals surface area contributed by atoms with Gasteiger partial charge in [0.1, 0.15) is 16.0 Å². The van der Waals surface area contributed by atoms with Gasteiger partial charge in [-0.3, -0.25) is 0 Å². The summed E-state index contributed by atoms with van der Waals surface area (Å²) in [6.45, 7) is 10.4. The van der Waals surface area contributed by atoms with E-state index in [1.165, 1.54) is 11.3 Å². The molecule has 0 radical (unpaired) electrons. The highest BCUT2D eigenvalue weighted by atomic mass is 32.2. The molecule has 1 unspecified atom stereocenters. The fourth-order valence-electron chi connectivity index (χ4n) is 4.10. The largest absolute Gasteiger partial charge is 0.360 e. The highest BCUT2D eigenvalue weighted by Crippen LogP contribution is 2.36. The third-order valence-corrected chi connectivity index (χ3v) is 8.86. The molecule has 0 bridgehead atoms. The van der Waals surface area contributed by atoms with E-state index in [2.05, 4.69) is 25.7 Å². The van der Waals surface area contributed by atoms with Crippen LogP contribution in [-0.4, -0.2) is 43.9 Å². The van der Waals surface area contributed by atoms with Gasteiger partial charge in [-0.1, -0.05) is 36.4 Å². The molecule has 4 aromatic rings. The molecule has 2 amide bonds. The zero-order chi connectivity index (χ0) is 31.1. The molecule has 4 N–H and O–H groups in total. The van der Waals surface area contributed by atoms with E-state index in [0.717, 1.165) is 32.3 Å². The molecule has 0 saturated carbocycles. The van der Waals surface area contributed by atoms with Crippen LogP contribution in [-0.2, 0) is 17.5 Å². The van der Waals surface area contributed by atoms with Gasteiger partial charge in [-0.15, -0.1) is 11.3 Å². The number of benzene rings is 3. The topological polar surface area (TPSA) is 98.4 Å². The summed E-state index contributed by atoms with van der Waals surface area (Å²) >= 11 is 6.86. The Morgan fingerprint density at radius 3 is 2.33 bits per heavy atom. The lowest BCUT2D eigenvalue weighted by Gasteiger charge is -2.22. The molecule has 1 atom stereocenters. The Morgan fingerprint density at radius 1 is 1.00 bits per heavy atom. The van der Waals surface area contributed by atoms with Crippen LogP contribution in [0.2, 0.25) is 0 Å². The number of thiazole rings is 1. The smallest absolute Gasteiger partial charge is 0.321 e. The van der Waals surface area contributed by atoms with Crippen molar-refractivity contribution in [3.05, 3.63) is 84.6 Å². The van der Waals surface area contributed by atoms with Gasteiger partial charge in [0.25, 0.3) is 0 Å². The summed E-state index contributed by atoms with van der Waals surface area (Å²) in [6, 6.07) is 23.2. The number of thiocarbonyl (C=S) groups is 1. The van der Waals surface area contributed by atoms with Crippen molar-refractivity contribution >= 4 is 57.1 Å². The van der Waals surface area contributed by atoms with Gasteiger partial charge in [-0.2, -0.15) is 0 Å². The Labute approximate surface area is 265 Å². The van der Waals surface area contributed by atoms with Crippen molar-refractivity contribution in [1.29, 1.82) is 0 Å². The van der Waals surface area contributed by atoms with Crippen molar-refractivity contribution in [2.75, 3.05) is 17.7 Å². The van der Waals surface area contributed by atoms with Crippen molar-refractivity contribution in [3.8, 4) is 21.0 Å². The first-order valence-electron chi connectivity index (χ1n) is 13.9. The highest BCUT2D eigenvalue weighted by Gasteiger charge is 2.21. The number of anilines is 2. The lowest BCUT2D eigenvalue weighted by Crippen LogP contribution is -2.37. The number of rotatable bonds is 9. The Balaban J connectivity index is 1.56. The number of nitrogens with zero attached hydrogens (tertiary/aromatic N) is 2. The van der Waals surface area contributed by atoms with Crippen molar-refractivity contribution in [3.63, 3.8) is 0 Å². The van der Waals surface area contributed by atoms with Crippen LogP contribution in [0, 0.1) is 0 Å². The normalized spacial score (nSPS) is 12.1. The average Bonchev–Trinajstić information content (AvgIpc) is 3.43. The van der Waals surface area contributed by atoms with Gasteiger partial charge in [0.15, 0.2) is 5.11 Å². The molecular weight excluding hydrogens is 597 g/mol. The number of amides is 2. The number of hydrogen-bond donors (Lipinski definition) is 4. The van der Waals surface area contributed by atoms with Crippen LogP contribution in [0.4, 0.5) is 16.2 Å². The van der Waals surface area contributed by atoms with Gasteiger partial charge < -0.3 is 20.9 Å². The lowest BCUT2D eigenvalue weighted by atomic mass is 10.1. The predicted octanol–water partition coefficient (Wildman–Crippen LogP) is 7.25. The van der Waals surface area contributed by atoms with Crippen LogP contribution in [0.5, 0.6) is 0 Å². The van der Waals surface area contributed by atoms with Crippen LogP contribution in [0.1, 0.15) is 40.2 Å². The van der Waals surface area contributed by atoms with E-state index in [1.807, 2.05) is 101 Å². The number of hydrogen-bond acceptors (Lipinski definition) is 5. The van der Waals surface area contributed by atoms with Crippen molar-refractivity contribution < 1.29 is 9.00 Å². The molecule has 3 aromatic carbocycles. The molecule has 0 spiro atoms. The first kappa shape index (κ1) is 32.3. The maximum absolute atomic E-state index is 13.6. The van der Waals surface area contributed by atoms with Crippen LogP contribution in [0.15, 0.2) is 83.9 Å². The van der Waals surface area contributed by atoms with Gasteiger partial charge in [-0.25, -0.2) is 18.7 Å². The molecule has 226 valence electrons. The van der Waals surface area contributed by atoms with Gasteiger partial charge in [-0.05, 0) is 88.8 Å². The lowest BCUT2D eigenvalue weighted by molar-refractivity contribution is 0.220.